The van der Waals surface area contributed by atoms with Crippen molar-refractivity contribution in [2.24, 2.45) is 0 Å². The summed E-state index contributed by atoms with van der Waals surface area (Å²) in [7, 11) is 0. The predicted molar refractivity (Wildman–Crippen MR) is 163 cm³/mol. The van der Waals surface area contributed by atoms with E-state index in [1.54, 1.807) is 24.3 Å². The third-order valence-corrected chi connectivity index (χ3v) is 7.88. The maximum atomic E-state index is 13.1. The molecule has 16 nitrogen and oxygen atoms in total. The van der Waals surface area contributed by atoms with Crippen LogP contribution in [0.3, 0.4) is 0 Å². The van der Waals surface area contributed by atoms with Crippen LogP contribution >= 0.6 is 0 Å². The third-order valence-electron chi connectivity index (χ3n) is 7.88. The van der Waals surface area contributed by atoms with Crippen LogP contribution in [0.5, 0.6) is 0 Å². The van der Waals surface area contributed by atoms with Gasteiger partial charge in [0.15, 0.2) is 0 Å². The normalized spacial score (nSPS) is 13.7. The molecule has 0 fully saturated rings. The van der Waals surface area contributed by atoms with Gasteiger partial charge in [-0.05, 0) is 22.9 Å². The molecule has 0 saturated carbocycles. The lowest BCUT2D eigenvalue weighted by Gasteiger charge is -2.27. The van der Waals surface area contributed by atoms with E-state index in [1.807, 2.05) is 0 Å². The molecule has 236 valence electrons. The molecule has 6 rings (SSSR count). The van der Waals surface area contributed by atoms with Crippen molar-refractivity contribution in [1.29, 1.82) is 0 Å². The fourth-order valence-electron chi connectivity index (χ4n) is 5.79. The first-order valence-corrected chi connectivity index (χ1v) is 14.1. The summed E-state index contributed by atoms with van der Waals surface area (Å²) in [6.07, 6.45) is -0.646. The molecule has 0 radical (unpaired) electrons. The molecule has 4 aromatic rings. The number of nitro benzene ring substituents is 2. The van der Waals surface area contributed by atoms with Gasteiger partial charge in [0.1, 0.15) is 6.42 Å². The molecule has 0 unspecified atom stereocenters. The van der Waals surface area contributed by atoms with Crippen LogP contribution in [-0.4, -0.2) is 81.3 Å². The summed E-state index contributed by atoms with van der Waals surface area (Å²) in [5.74, 6) is -4.27. The minimum atomic E-state index is -0.760. The Hall–Kier alpha value is -6.58. The first-order valence-electron chi connectivity index (χ1n) is 14.1. The van der Waals surface area contributed by atoms with E-state index in [-0.39, 0.29) is 59.8 Å². The van der Waals surface area contributed by atoms with Gasteiger partial charge in [-0.15, -0.1) is 0 Å². The van der Waals surface area contributed by atoms with Gasteiger partial charge < -0.3 is 10.6 Å². The molecule has 2 N–H and O–H groups in total. The molecule has 2 heterocycles. The van der Waals surface area contributed by atoms with E-state index in [4.69, 9.17) is 0 Å². The highest BCUT2D eigenvalue weighted by Crippen LogP contribution is 2.34. The second-order valence-corrected chi connectivity index (χ2v) is 10.7. The number of nitrogens with zero attached hydrogens (tertiary/aromatic N) is 4. The van der Waals surface area contributed by atoms with Gasteiger partial charge in [0, 0.05) is 72.3 Å². The first-order chi connectivity index (χ1) is 22.5. The van der Waals surface area contributed by atoms with Crippen LogP contribution in [-0.2, 0) is 9.59 Å². The summed E-state index contributed by atoms with van der Waals surface area (Å²) >= 11 is 0. The van der Waals surface area contributed by atoms with Gasteiger partial charge >= 0.3 is 0 Å². The zero-order chi connectivity index (χ0) is 33.6. The van der Waals surface area contributed by atoms with Crippen molar-refractivity contribution in [3.8, 4) is 0 Å². The molecule has 4 aromatic carbocycles. The summed E-state index contributed by atoms with van der Waals surface area (Å²) in [4.78, 5) is 100. The monoisotopic (exact) mass is 638 g/mol. The Bertz CT molecular complexity index is 1980. The van der Waals surface area contributed by atoms with Crippen molar-refractivity contribution < 1.29 is 38.6 Å². The van der Waals surface area contributed by atoms with Crippen LogP contribution < -0.4 is 10.6 Å². The van der Waals surface area contributed by atoms with E-state index in [0.717, 1.165) is 21.9 Å². The second-order valence-electron chi connectivity index (χ2n) is 10.7. The molecule has 47 heavy (non-hydrogen) atoms. The Morgan fingerprint density at radius 1 is 0.596 bits per heavy atom. The quantitative estimate of drug-likeness (QED) is 0.112. The molecule has 0 spiro atoms. The first kappa shape index (κ1) is 30.4. The van der Waals surface area contributed by atoms with Crippen LogP contribution in [0.2, 0.25) is 0 Å². The van der Waals surface area contributed by atoms with Gasteiger partial charge in [-0.25, -0.2) is 0 Å². The molecular weight excluding hydrogens is 616 g/mol. The zero-order valence-corrected chi connectivity index (χ0v) is 24.2. The standard InChI is InChI=1S/C31H22N6O10/c38-24(32-7-9-34-28(40)20-5-1-3-16-11-18(36(44)45)13-22(26(16)20)30(34)42)15-25(39)33-8-10-35-29(41)21-6-2-4-17-12-19(37(46)47)14-23(27(17)21)31(35)43/h1-6,11-14H,7-10,15H2,(H,32,38)(H,33,39). The number of imide groups is 2. The van der Waals surface area contributed by atoms with Crippen molar-refractivity contribution >= 4 is 68.4 Å². The van der Waals surface area contributed by atoms with Gasteiger partial charge in [-0.1, -0.05) is 24.3 Å². The van der Waals surface area contributed by atoms with Crippen LogP contribution in [0.15, 0.2) is 60.7 Å². The average molecular weight is 639 g/mol. The van der Waals surface area contributed by atoms with E-state index in [9.17, 15) is 49.0 Å². The largest absolute Gasteiger partial charge is 0.354 e. The Balaban J connectivity index is 1.03. The fraction of sp³-hybridized carbons (Fsp3) is 0.161. The lowest BCUT2D eigenvalue weighted by atomic mass is 9.93. The summed E-state index contributed by atoms with van der Waals surface area (Å²) < 4.78 is 0. The number of hydrogen-bond acceptors (Lipinski definition) is 10. The van der Waals surface area contributed by atoms with E-state index >= 15 is 0 Å². The lowest BCUT2D eigenvalue weighted by molar-refractivity contribution is -0.384. The van der Waals surface area contributed by atoms with Crippen molar-refractivity contribution in [3.05, 3.63) is 103 Å². The molecule has 0 atom stereocenters. The highest BCUT2D eigenvalue weighted by atomic mass is 16.6. The Kier molecular flexibility index (Phi) is 7.60. The van der Waals surface area contributed by atoms with Crippen LogP contribution in [0, 0.1) is 20.2 Å². The number of nitro groups is 2. The smallest absolute Gasteiger partial charge is 0.270 e. The molecule has 16 heteroatoms. The number of carbonyl (C=O) groups is 6. The minimum absolute atomic E-state index is 0.0147. The lowest BCUT2D eigenvalue weighted by Crippen LogP contribution is -2.46. The van der Waals surface area contributed by atoms with Gasteiger partial charge in [-0.3, -0.25) is 58.8 Å². The molecule has 0 aliphatic carbocycles. The third kappa shape index (κ3) is 5.37. The minimum Gasteiger partial charge on any atom is -0.354 e. The number of rotatable bonds is 10. The zero-order valence-electron chi connectivity index (χ0n) is 24.2. The number of hydrogen-bond donors (Lipinski definition) is 2. The van der Waals surface area contributed by atoms with E-state index in [1.165, 1.54) is 24.3 Å². The number of amides is 6. The second kappa shape index (κ2) is 11.7. The summed E-state index contributed by atoms with van der Waals surface area (Å²) in [6.45, 7) is -0.959. The highest BCUT2D eigenvalue weighted by Gasteiger charge is 2.35. The van der Waals surface area contributed by atoms with Crippen LogP contribution in [0.4, 0.5) is 11.4 Å². The maximum Gasteiger partial charge on any atom is 0.270 e. The van der Waals surface area contributed by atoms with Gasteiger partial charge in [0.25, 0.3) is 35.0 Å². The molecular formula is C31H22N6O10. The van der Waals surface area contributed by atoms with Crippen LogP contribution in [0.25, 0.3) is 21.5 Å². The van der Waals surface area contributed by atoms with E-state index in [0.29, 0.717) is 21.5 Å². The van der Waals surface area contributed by atoms with Crippen molar-refractivity contribution in [2.45, 2.75) is 6.42 Å². The molecule has 2 aliphatic rings. The topological polar surface area (TPSA) is 219 Å². The van der Waals surface area contributed by atoms with Crippen molar-refractivity contribution in [1.82, 2.24) is 20.4 Å². The Morgan fingerprint density at radius 2 is 0.979 bits per heavy atom. The summed E-state index contributed by atoms with van der Waals surface area (Å²) in [5.41, 5.74) is -0.291. The highest BCUT2D eigenvalue weighted by molar-refractivity contribution is 6.26. The van der Waals surface area contributed by atoms with Crippen LogP contribution in [0.1, 0.15) is 47.9 Å². The maximum absolute atomic E-state index is 13.1. The van der Waals surface area contributed by atoms with E-state index in [2.05, 4.69) is 10.6 Å². The molecule has 2 aliphatic heterocycles. The molecule has 0 bridgehead atoms. The average Bonchev–Trinajstić information content (AvgIpc) is 3.04. The number of non-ortho nitro benzene ring substituents is 2. The molecule has 0 saturated heterocycles. The summed E-state index contributed by atoms with van der Waals surface area (Å²) in [6, 6.07) is 14.0. The number of benzene rings is 4. The number of nitrogens with one attached hydrogen (secondary N) is 2. The molecule has 6 amide bonds. The summed E-state index contributed by atoms with van der Waals surface area (Å²) in [5, 5.41) is 29.0. The predicted octanol–water partition coefficient (Wildman–Crippen LogP) is 2.32. The van der Waals surface area contributed by atoms with Crippen molar-refractivity contribution in [2.75, 3.05) is 26.2 Å². The Labute approximate surface area is 263 Å². The SMILES string of the molecule is O=C(CC(=O)NCCN1C(=O)c2cccc3cc([N+](=O)[O-])cc(c23)C1=O)NCCN1C(=O)c2cccc3cc([N+](=O)[O-])cc(c23)C1=O. The van der Waals surface area contributed by atoms with Crippen molar-refractivity contribution in [3.63, 3.8) is 0 Å². The fourth-order valence-corrected chi connectivity index (χ4v) is 5.79. The van der Waals surface area contributed by atoms with E-state index < -0.39 is 51.7 Å². The Morgan fingerprint density at radius 3 is 1.36 bits per heavy atom. The van der Waals surface area contributed by atoms with Gasteiger partial charge in [0.2, 0.25) is 11.8 Å². The van der Waals surface area contributed by atoms with Gasteiger partial charge in [0.05, 0.1) is 21.0 Å². The van der Waals surface area contributed by atoms with Gasteiger partial charge in [-0.2, -0.15) is 0 Å². The number of carbonyl (C=O) groups excluding carboxylic acids is 6. The molecule has 0 aromatic heterocycles.